The number of hydrogen-bond donors (Lipinski definition) is 1. The van der Waals surface area contributed by atoms with Crippen LogP contribution < -0.4 is 27.0 Å². The van der Waals surface area contributed by atoms with E-state index in [-0.39, 0.29) is 17.0 Å². The van der Waals surface area contributed by atoms with Crippen LogP contribution in [0.1, 0.15) is 13.3 Å². The molecule has 0 saturated heterocycles. The van der Waals surface area contributed by atoms with Gasteiger partial charge in [-0.05, 0) is 44.6 Å². The monoisotopic (exact) mass is 408 g/mol. The number of ether oxygens (including phenoxy) is 1. The van der Waals surface area contributed by atoms with Gasteiger partial charge in [-0.2, -0.15) is 0 Å². The lowest BCUT2D eigenvalue weighted by Crippen LogP contribution is -3.00. The van der Waals surface area contributed by atoms with Crippen LogP contribution in [0.3, 0.4) is 0 Å². The average molecular weight is 409 g/mol. The van der Waals surface area contributed by atoms with Gasteiger partial charge in [0.15, 0.2) is 14.1 Å². The van der Waals surface area contributed by atoms with Gasteiger partial charge in [0.1, 0.15) is 11.1 Å². The predicted molar refractivity (Wildman–Crippen MR) is 96.5 cm³/mol. The number of aromatic hydroxyl groups is 1. The number of phenols is 1. The summed E-state index contributed by atoms with van der Waals surface area (Å²) in [6, 6.07) is 6.55. The van der Waals surface area contributed by atoms with Gasteiger partial charge in [0.05, 0.1) is 26.6 Å². The van der Waals surface area contributed by atoms with Crippen molar-refractivity contribution in [2.24, 2.45) is 0 Å². The zero-order valence-corrected chi connectivity index (χ0v) is 18.1. The van der Waals surface area contributed by atoms with Crippen LogP contribution in [0.25, 0.3) is 0 Å². The topological polar surface area (TPSA) is 38.7 Å². The quantitative estimate of drug-likeness (QED) is 0.395. The summed E-state index contributed by atoms with van der Waals surface area (Å²) in [6.45, 7) is 14.8. The minimum atomic E-state index is -1.51. The summed E-state index contributed by atoms with van der Waals surface area (Å²) in [5, 5.41) is 10.8. The summed E-state index contributed by atoms with van der Waals surface area (Å²) in [7, 11) is -2.74. The van der Waals surface area contributed by atoms with Gasteiger partial charge >= 0.3 is 0 Å². The molecular formula is C16H30BrO3PSi. The lowest BCUT2D eigenvalue weighted by atomic mass is 10.3. The van der Waals surface area contributed by atoms with E-state index in [1.807, 2.05) is 12.1 Å². The summed E-state index contributed by atoms with van der Waals surface area (Å²) in [6.07, 6.45) is 1.02. The van der Waals surface area contributed by atoms with Crippen molar-refractivity contribution < 1.29 is 31.3 Å². The van der Waals surface area contributed by atoms with Crippen LogP contribution >= 0.6 is 7.26 Å². The van der Waals surface area contributed by atoms with E-state index >= 15 is 0 Å². The molecule has 0 fully saturated rings. The van der Waals surface area contributed by atoms with Gasteiger partial charge in [-0.3, -0.25) is 0 Å². The molecular weight excluding hydrogens is 379 g/mol. The molecule has 6 heteroatoms. The Bertz CT molecular complexity index is 461. The molecule has 0 aromatic heterocycles. The highest BCUT2D eigenvalue weighted by molar-refractivity contribution is 7.81. The molecule has 0 heterocycles. The summed E-state index contributed by atoms with van der Waals surface area (Å²) >= 11 is 0. The normalized spacial score (nSPS) is 11.9. The Hall–Kier alpha value is -0.0931. The minimum absolute atomic E-state index is 0. The number of phenolic OH excluding ortho intramolecular Hbond substituents is 1. The van der Waals surface area contributed by atoms with Crippen LogP contribution in [0.15, 0.2) is 18.2 Å². The molecule has 0 unspecified atom stereocenters. The first kappa shape index (κ1) is 21.9. The molecule has 1 aromatic rings. The Morgan fingerprint density at radius 3 is 2.36 bits per heavy atom. The van der Waals surface area contributed by atoms with Crippen LogP contribution in [0.5, 0.6) is 11.5 Å². The van der Waals surface area contributed by atoms with Crippen LogP contribution in [0.2, 0.25) is 19.1 Å². The molecule has 0 saturated carbocycles. The third kappa shape index (κ3) is 7.45. The Morgan fingerprint density at radius 2 is 1.82 bits per heavy atom. The maximum Gasteiger partial charge on any atom is 0.186 e. The molecule has 1 N–H and O–H groups in total. The SMILES string of the molecule is CCO[Si](C)(C)CCCOc1ccc(O)cc1[P+](C)(C)C.[Br-]. The van der Waals surface area contributed by atoms with Crippen molar-refractivity contribution in [2.45, 2.75) is 32.5 Å². The van der Waals surface area contributed by atoms with Crippen molar-refractivity contribution in [3.8, 4) is 11.5 Å². The zero-order chi connectivity index (χ0) is 16.1. The number of hydrogen-bond acceptors (Lipinski definition) is 3. The van der Waals surface area contributed by atoms with Crippen molar-refractivity contribution in [3.63, 3.8) is 0 Å². The van der Waals surface area contributed by atoms with E-state index in [0.717, 1.165) is 30.1 Å². The number of rotatable bonds is 8. The highest BCUT2D eigenvalue weighted by Gasteiger charge is 2.27. The van der Waals surface area contributed by atoms with E-state index < -0.39 is 15.6 Å². The second kappa shape index (κ2) is 9.26. The van der Waals surface area contributed by atoms with Crippen LogP contribution in [0.4, 0.5) is 0 Å². The Labute approximate surface area is 147 Å². The van der Waals surface area contributed by atoms with Gasteiger partial charge in [0.25, 0.3) is 0 Å². The third-order valence-electron chi connectivity index (χ3n) is 3.38. The lowest BCUT2D eigenvalue weighted by molar-refractivity contribution is -0.00000735. The molecule has 0 amide bonds. The number of halogens is 1. The fraction of sp³-hybridized carbons (Fsp3) is 0.625. The third-order valence-corrected chi connectivity index (χ3v) is 7.80. The Kier molecular flexibility index (Phi) is 9.22. The molecule has 1 rings (SSSR count). The van der Waals surface area contributed by atoms with E-state index in [2.05, 4.69) is 40.0 Å². The second-order valence-corrected chi connectivity index (χ2v) is 15.6. The molecule has 0 aliphatic heterocycles. The highest BCUT2D eigenvalue weighted by Crippen LogP contribution is 2.48. The predicted octanol–water partition coefficient (Wildman–Crippen LogP) is 0.939. The van der Waals surface area contributed by atoms with E-state index in [9.17, 15) is 5.11 Å². The highest BCUT2D eigenvalue weighted by atomic mass is 79.9. The summed E-state index contributed by atoms with van der Waals surface area (Å²) < 4.78 is 11.8. The maximum atomic E-state index is 9.69. The van der Waals surface area contributed by atoms with E-state index in [0.29, 0.717) is 12.4 Å². The standard InChI is InChI=1S/C16H29O3PSi.BrH/c1-7-19-21(5,6)12-8-11-18-15-10-9-14(17)13-16(15)20(2,3)4;/h9-10,13H,7-8,11-12H2,1-6H3;1H. The van der Waals surface area contributed by atoms with Crippen molar-refractivity contribution >= 4 is 20.9 Å². The number of benzene rings is 1. The molecule has 0 aliphatic rings. The molecule has 128 valence electrons. The van der Waals surface area contributed by atoms with Gasteiger partial charge in [0, 0.05) is 19.9 Å². The average Bonchev–Trinajstić information content (AvgIpc) is 2.34. The molecule has 3 nitrogen and oxygen atoms in total. The fourth-order valence-electron chi connectivity index (χ4n) is 2.29. The van der Waals surface area contributed by atoms with E-state index in [1.54, 1.807) is 6.07 Å². The second-order valence-electron chi connectivity index (χ2n) is 6.81. The van der Waals surface area contributed by atoms with E-state index in [4.69, 9.17) is 9.16 Å². The van der Waals surface area contributed by atoms with Crippen molar-refractivity contribution in [1.82, 2.24) is 0 Å². The molecule has 0 aliphatic carbocycles. The summed E-state index contributed by atoms with van der Waals surface area (Å²) in [5.41, 5.74) is 0. The molecule has 0 radical (unpaired) electrons. The first-order chi connectivity index (χ1) is 9.65. The molecule has 0 spiro atoms. The minimum Gasteiger partial charge on any atom is -1.00 e. The first-order valence-electron chi connectivity index (χ1n) is 7.57. The van der Waals surface area contributed by atoms with Gasteiger partial charge in [-0.15, -0.1) is 0 Å². The van der Waals surface area contributed by atoms with Gasteiger partial charge in [-0.1, -0.05) is 0 Å². The van der Waals surface area contributed by atoms with Crippen LogP contribution in [-0.4, -0.2) is 46.6 Å². The van der Waals surface area contributed by atoms with Gasteiger partial charge in [0.2, 0.25) is 0 Å². The van der Waals surface area contributed by atoms with E-state index in [1.165, 1.54) is 0 Å². The first-order valence-corrected chi connectivity index (χ1v) is 13.8. The molecule has 0 atom stereocenters. The lowest BCUT2D eigenvalue weighted by Gasteiger charge is -2.22. The van der Waals surface area contributed by atoms with Crippen LogP contribution in [-0.2, 0) is 4.43 Å². The molecule has 1 aromatic carbocycles. The largest absolute Gasteiger partial charge is 1.00 e. The van der Waals surface area contributed by atoms with Gasteiger partial charge in [-0.25, -0.2) is 0 Å². The van der Waals surface area contributed by atoms with Crippen molar-refractivity contribution in [3.05, 3.63) is 18.2 Å². The Balaban J connectivity index is 0.00000441. The summed E-state index contributed by atoms with van der Waals surface area (Å²) in [5.74, 6) is 1.24. The van der Waals surface area contributed by atoms with Crippen molar-refractivity contribution in [1.29, 1.82) is 0 Å². The summed E-state index contributed by atoms with van der Waals surface area (Å²) in [4.78, 5) is 0. The molecule has 22 heavy (non-hydrogen) atoms. The Morgan fingerprint density at radius 1 is 1.18 bits per heavy atom. The smallest absolute Gasteiger partial charge is 0.186 e. The van der Waals surface area contributed by atoms with Crippen LogP contribution in [0, 0.1) is 0 Å². The maximum absolute atomic E-state index is 9.69. The van der Waals surface area contributed by atoms with Crippen molar-refractivity contribution in [2.75, 3.05) is 33.2 Å². The van der Waals surface area contributed by atoms with Gasteiger partial charge < -0.3 is 31.3 Å². The zero-order valence-electron chi connectivity index (χ0n) is 14.6. The fourth-order valence-corrected chi connectivity index (χ4v) is 5.54. The molecule has 0 bridgehead atoms.